The van der Waals surface area contributed by atoms with E-state index in [1.54, 1.807) is 6.07 Å². The number of nitrogens with zero attached hydrogens (tertiary/aromatic N) is 1. The third-order valence-electron chi connectivity index (χ3n) is 2.43. The van der Waals surface area contributed by atoms with Gasteiger partial charge >= 0.3 is 0 Å². The molecule has 0 radical (unpaired) electrons. The van der Waals surface area contributed by atoms with Crippen molar-refractivity contribution in [2.75, 3.05) is 11.1 Å². The van der Waals surface area contributed by atoms with E-state index in [9.17, 15) is 9.59 Å². The Morgan fingerprint density at radius 3 is 2.84 bits per heavy atom. The molecule has 0 saturated carbocycles. The van der Waals surface area contributed by atoms with Crippen LogP contribution in [0.4, 0.5) is 11.4 Å². The molecule has 1 aromatic heterocycles. The Kier molecular flexibility index (Phi) is 4.20. The molecule has 5 nitrogen and oxygen atoms in total. The smallest absolute Gasteiger partial charge is 0.251 e. The summed E-state index contributed by atoms with van der Waals surface area (Å²) < 4.78 is 2.30. The molecule has 0 spiro atoms. The molecule has 6 heteroatoms. The maximum atomic E-state index is 11.8. The molecule has 0 unspecified atom stereocenters. The minimum atomic E-state index is -0.269. The van der Waals surface area contributed by atoms with Crippen molar-refractivity contribution < 1.29 is 4.79 Å². The second kappa shape index (κ2) is 5.87. The van der Waals surface area contributed by atoms with Crippen molar-refractivity contribution in [2.45, 2.75) is 6.54 Å². The first-order valence-corrected chi connectivity index (χ1v) is 6.64. The van der Waals surface area contributed by atoms with Gasteiger partial charge in [0.1, 0.15) is 6.54 Å². The first kappa shape index (κ1) is 13.6. The Labute approximate surface area is 123 Å². The lowest BCUT2D eigenvalue weighted by atomic mass is 10.3. The predicted molar refractivity (Wildman–Crippen MR) is 82.9 cm³/mol. The highest BCUT2D eigenvalue weighted by molar-refractivity contribution is 14.1. The summed E-state index contributed by atoms with van der Waals surface area (Å²) >= 11 is 2.16. The Bertz CT molecular complexity index is 667. The number of nitrogens with one attached hydrogen (secondary N) is 1. The summed E-state index contributed by atoms with van der Waals surface area (Å²) in [7, 11) is 0. The van der Waals surface area contributed by atoms with Crippen LogP contribution in [0.2, 0.25) is 0 Å². The average molecular weight is 369 g/mol. The van der Waals surface area contributed by atoms with Crippen LogP contribution in [0.15, 0.2) is 47.4 Å². The van der Waals surface area contributed by atoms with Gasteiger partial charge in [0.25, 0.3) is 5.56 Å². The van der Waals surface area contributed by atoms with E-state index in [2.05, 4.69) is 27.9 Å². The fraction of sp³-hybridized carbons (Fsp3) is 0.0769. The molecule has 19 heavy (non-hydrogen) atoms. The summed E-state index contributed by atoms with van der Waals surface area (Å²) in [6.45, 7) is -0.0602. The lowest BCUT2D eigenvalue weighted by Gasteiger charge is -2.08. The van der Waals surface area contributed by atoms with Crippen LogP contribution in [0.25, 0.3) is 0 Å². The third-order valence-corrected chi connectivity index (χ3v) is 3.10. The zero-order valence-corrected chi connectivity index (χ0v) is 12.1. The molecule has 0 aliphatic rings. The fourth-order valence-electron chi connectivity index (χ4n) is 1.59. The van der Waals surface area contributed by atoms with Gasteiger partial charge < -0.3 is 15.6 Å². The second-order valence-corrected chi connectivity index (χ2v) is 5.23. The van der Waals surface area contributed by atoms with Crippen molar-refractivity contribution >= 4 is 39.9 Å². The molecule has 1 heterocycles. The molecule has 1 amide bonds. The fourth-order valence-corrected chi connectivity index (χ4v) is 2.14. The SMILES string of the molecule is Nc1ccc(=O)n(CC(=O)Nc2cccc(I)c2)c1. The summed E-state index contributed by atoms with van der Waals surface area (Å²) in [6.07, 6.45) is 1.46. The highest BCUT2D eigenvalue weighted by Crippen LogP contribution is 2.12. The van der Waals surface area contributed by atoms with E-state index in [4.69, 9.17) is 5.73 Å². The standard InChI is InChI=1S/C13H12IN3O2/c14-9-2-1-3-11(6-9)16-12(18)8-17-7-10(15)4-5-13(17)19/h1-7H,8,15H2,(H,16,18). The largest absolute Gasteiger partial charge is 0.398 e. The summed E-state index contributed by atoms with van der Waals surface area (Å²) in [5.74, 6) is -0.269. The Hall–Kier alpha value is -1.83. The zero-order chi connectivity index (χ0) is 13.8. The molecule has 0 fully saturated rings. The third kappa shape index (κ3) is 3.82. The van der Waals surface area contributed by atoms with E-state index in [0.29, 0.717) is 11.4 Å². The van der Waals surface area contributed by atoms with E-state index in [1.165, 1.54) is 22.9 Å². The Morgan fingerprint density at radius 2 is 2.11 bits per heavy atom. The number of carbonyl (C=O) groups is 1. The molecular formula is C13H12IN3O2. The van der Waals surface area contributed by atoms with Gasteiger partial charge in [-0.1, -0.05) is 6.07 Å². The van der Waals surface area contributed by atoms with Gasteiger partial charge in [0, 0.05) is 27.2 Å². The number of pyridine rings is 1. The quantitative estimate of drug-likeness (QED) is 0.809. The molecule has 3 N–H and O–H groups in total. The number of amides is 1. The van der Waals surface area contributed by atoms with Gasteiger partial charge in [-0.2, -0.15) is 0 Å². The molecular weight excluding hydrogens is 357 g/mol. The number of hydrogen-bond donors (Lipinski definition) is 2. The van der Waals surface area contributed by atoms with Crippen molar-refractivity contribution in [3.8, 4) is 0 Å². The molecule has 98 valence electrons. The summed E-state index contributed by atoms with van der Waals surface area (Å²) in [4.78, 5) is 23.4. The van der Waals surface area contributed by atoms with Crippen LogP contribution in [-0.2, 0) is 11.3 Å². The highest BCUT2D eigenvalue weighted by atomic mass is 127. The molecule has 0 aliphatic heterocycles. The topological polar surface area (TPSA) is 77.1 Å². The van der Waals surface area contributed by atoms with Crippen LogP contribution in [-0.4, -0.2) is 10.5 Å². The second-order valence-electron chi connectivity index (χ2n) is 3.99. The number of hydrogen-bond acceptors (Lipinski definition) is 3. The van der Waals surface area contributed by atoms with Crippen LogP contribution in [0.5, 0.6) is 0 Å². The van der Waals surface area contributed by atoms with Crippen LogP contribution in [0.3, 0.4) is 0 Å². The van der Waals surface area contributed by atoms with Crippen LogP contribution in [0.1, 0.15) is 0 Å². The predicted octanol–water partition coefficient (Wildman–Crippen LogP) is 1.67. The molecule has 0 aliphatic carbocycles. The minimum absolute atomic E-state index is 0.0602. The Balaban J connectivity index is 2.09. The van der Waals surface area contributed by atoms with Crippen molar-refractivity contribution in [2.24, 2.45) is 0 Å². The number of halogens is 1. The molecule has 1 aromatic carbocycles. The lowest BCUT2D eigenvalue weighted by Crippen LogP contribution is -2.27. The normalized spacial score (nSPS) is 10.2. The van der Waals surface area contributed by atoms with Gasteiger partial charge in [-0.25, -0.2) is 0 Å². The van der Waals surface area contributed by atoms with Crippen molar-refractivity contribution in [3.63, 3.8) is 0 Å². The first-order chi connectivity index (χ1) is 9.04. The van der Waals surface area contributed by atoms with Crippen LogP contribution in [0, 0.1) is 3.57 Å². The minimum Gasteiger partial charge on any atom is -0.398 e. The first-order valence-electron chi connectivity index (χ1n) is 5.56. The molecule has 0 bridgehead atoms. The van der Waals surface area contributed by atoms with Gasteiger partial charge in [-0.3, -0.25) is 9.59 Å². The van der Waals surface area contributed by atoms with Gasteiger partial charge in [-0.05, 0) is 46.9 Å². The van der Waals surface area contributed by atoms with E-state index in [0.717, 1.165) is 3.57 Å². The molecule has 2 aromatic rings. The number of benzene rings is 1. The van der Waals surface area contributed by atoms with E-state index in [-0.39, 0.29) is 18.0 Å². The number of anilines is 2. The van der Waals surface area contributed by atoms with Gasteiger partial charge in [0.15, 0.2) is 0 Å². The van der Waals surface area contributed by atoms with E-state index >= 15 is 0 Å². The van der Waals surface area contributed by atoms with E-state index in [1.807, 2.05) is 18.2 Å². The summed E-state index contributed by atoms with van der Waals surface area (Å²) in [5.41, 5.74) is 6.47. The van der Waals surface area contributed by atoms with Crippen molar-refractivity contribution in [1.82, 2.24) is 4.57 Å². The summed E-state index contributed by atoms with van der Waals surface area (Å²) in [5, 5.41) is 2.73. The van der Waals surface area contributed by atoms with Gasteiger partial charge in [-0.15, -0.1) is 0 Å². The number of carbonyl (C=O) groups excluding carboxylic acids is 1. The number of nitrogen functional groups attached to an aromatic ring is 1. The average Bonchev–Trinajstić information content (AvgIpc) is 2.34. The number of rotatable bonds is 3. The molecule has 2 rings (SSSR count). The number of aromatic nitrogens is 1. The monoisotopic (exact) mass is 369 g/mol. The maximum absolute atomic E-state index is 11.8. The van der Waals surface area contributed by atoms with Gasteiger partial charge in [0.05, 0.1) is 0 Å². The Morgan fingerprint density at radius 1 is 1.32 bits per heavy atom. The van der Waals surface area contributed by atoms with Crippen molar-refractivity contribution in [3.05, 3.63) is 56.5 Å². The van der Waals surface area contributed by atoms with Crippen molar-refractivity contribution in [1.29, 1.82) is 0 Å². The van der Waals surface area contributed by atoms with Crippen LogP contribution >= 0.6 is 22.6 Å². The zero-order valence-electron chi connectivity index (χ0n) is 9.97. The lowest BCUT2D eigenvalue weighted by molar-refractivity contribution is -0.116. The van der Waals surface area contributed by atoms with Gasteiger partial charge in [0.2, 0.25) is 5.91 Å². The highest BCUT2D eigenvalue weighted by Gasteiger charge is 2.05. The van der Waals surface area contributed by atoms with Crippen LogP contribution < -0.4 is 16.6 Å². The summed E-state index contributed by atoms with van der Waals surface area (Å²) in [6, 6.07) is 10.3. The number of nitrogens with two attached hydrogens (primary N) is 1. The molecule has 0 atom stereocenters. The maximum Gasteiger partial charge on any atom is 0.251 e. The van der Waals surface area contributed by atoms with E-state index < -0.39 is 0 Å². The molecule has 0 saturated heterocycles.